The van der Waals surface area contributed by atoms with Crippen LogP contribution in [0.5, 0.6) is 0 Å². The van der Waals surface area contributed by atoms with Crippen molar-refractivity contribution in [3.8, 4) is 0 Å². The molecule has 0 aromatic rings. The molecular weight excluding hydrogens is 130 g/mol. The molecule has 0 aromatic carbocycles. The number of likely N-dealkylation sites (N-methyl/N-ethyl adjacent to an activating group) is 1. The van der Waals surface area contributed by atoms with Crippen LogP contribution < -0.4 is 5.32 Å². The molecule has 0 saturated carbocycles. The molecule has 2 atom stereocenters. The van der Waals surface area contributed by atoms with E-state index >= 15 is 0 Å². The third-order valence-corrected chi connectivity index (χ3v) is 2.14. The fourth-order valence-electron chi connectivity index (χ4n) is 1.23. The molecule has 3 nitrogen and oxygen atoms in total. The van der Waals surface area contributed by atoms with E-state index in [9.17, 15) is 5.11 Å². The van der Waals surface area contributed by atoms with Gasteiger partial charge in [-0.3, -0.25) is 0 Å². The van der Waals surface area contributed by atoms with Gasteiger partial charge in [0.2, 0.25) is 0 Å². The summed E-state index contributed by atoms with van der Waals surface area (Å²) < 4.78 is 5.19. The zero-order valence-electron chi connectivity index (χ0n) is 6.55. The minimum absolute atomic E-state index is 0.0845. The summed E-state index contributed by atoms with van der Waals surface area (Å²) in [5, 5.41) is 12.7. The summed E-state index contributed by atoms with van der Waals surface area (Å²) in [7, 11) is 1.84. The van der Waals surface area contributed by atoms with E-state index in [-0.39, 0.29) is 6.04 Å². The molecular formula is C7H15NO2. The number of ether oxygens (including phenoxy) is 1. The van der Waals surface area contributed by atoms with Gasteiger partial charge in [0, 0.05) is 13.0 Å². The molecule has 3 heteroatoms. The largest absolute Gasteiger partial charge is 0.388 e. The summed E-state index contributed by atoms with van der Waals surface area (Å²) in [4.78, 5) is 0. The quantitative estimate of drug-likeness (QED) is 0.534. The smallest absolute Gasteiger partial charge is 0.0816 e. The molecule has 2 N–H and O–H groups in total. The van der Waals surface area contributed by atoms with E-state index in [0.29, 0.717) is 13.2 Å². The Balaban J connectivity index is 2.51. The second-order valence-electron chi connectivity index (χ2n) is 3.02. The molecule has 0 spiro atoms. The van der Waals surface area contributed by atoms with Crippen molar-refractivity contribution in [1.82, 2.24) is 5.32 Å². The van der Waals surface area contributed by atoms with Crippen LogP contribution in [0.25, 0.3) is 0 Å². The summed E-state index contributed by atoms with van der Waals surface area (Å²) >= 11 is 0. The summed E-state index contributed by atoms with van der Waals surface area (Å²) in [6.07, 6.45) is 0.721. The van der Waals surface area contributed by atoms with E-state index in [1.165, 1.54) is 0 Å². The fraction of sp³-hybridized carbons (Fsp3) is 1.00. The molecule has 10 heavy (non-hydrogen) atoms. The van der Waals surface area contributed by atoms with Crippen LogP contribution in [0, 0.1) is 0 Å². The summed E-state index contributed by atoms with van der Waals surface area (Å²) in [5.74, 6) is 0. The van der Waals surface area contributed by atoms with Gasteiger partial charge in [0.25, 0.3) is 0 Å². The van der Waals surface area contributed by atoms with E-state index < -0.39 is 5.60 Å². The summed E-state index contributed by atoms with van der Waals surface area (Å²) in [6.45, 7) is 3.13. The van der Waals surface area contributed by atoms with Gasteiger partial charge < -0.3 is 15.2 Å². The lowest BCUT2D eigenvalue weighted by molar-refractivity contribution is -0.0771. The Morgan fingerprint density at radius 3 is 2.80 bits per heavy atom. The van der Waals surface area contributed by atoms with Crippen LogP contribution in [-0.2, 0) is 4.74 Å². The van der Waals surface area contributed by atoms with E-state index in [1.54, 1.807) is 0 Å². The predicted octanol–water partition coefficient (Wildman–Crippen LogP) is -0.254. The highest BCUT2D eigenvalue weighted by Crippen LogP contribution is 2.19. The molecule has 1 aliphatic heterocycles. The molecule has 1 saturated heterocycles. The van der Waals surface area contributed by atoms with Crippen LogP contribution in [0.1, 0.15) is 13.3 Å². The minimum atomic E-state index is -0.590. The first-order chi connectivity index (χ1) is 4.67. The Kier molecular flexibility index (Phi) is 2.28. The van der Waals surface area contributed by atoms with Gasteiger partial charge in [-0.1, -0.05) is 0 Å². The third-order valence-electron chi connectivity index (χ3n) is 2.14. The van der Waals surface area contributed by atoms with E-state index in [0.717, 1.165) is 6.42 Å². The maximum absolute atomic E-state index is 9.69. The van der Waals surface area contributed by atoms with Crippen molar-refractivity contribution < 1.29 is 9.84 Å². The molecule has 0 bridgehead atoms. The number of hydrogen-bond acceptors (Lipinski definition) is 3. The van der Waals surface area contributed by atoms with Gasteiger partial charge in [-0.05, 0) is 14.0 Å². The first kappa shape index (κ1) is 7.98. The van der Waals surface area contributed by atoms with Gasteiger partial charge in [0.1, 0.15) is 0 Å². The molecule has 0 aliphatic carbocycles. The maximum atomic E-state index is 9.69. The first-order valence-electron chi connectivity index (χ1n) is 3.64. The average Bonchev–Trinajstić information content (AvgIpc) is 1.87. The number of aliphatic hydroxyl groups is 1. The highest BCUT2D eigenvalue weighted by atomic mass is 16.5. The Hall–Kier alpha value is -0.120. The fourth-order valence-corrected chi connectivity index (χ4v) is 1.23. The van der Waals surface area contributed by atoms with Gasteiger partial charge in [0.15, 0.2) is 0 Å². The average molecular weight is 145 g/mol. The van der Waals surface area contributed by atoms with Gasteiger partial charge >= 0.3 is 0 Å². The lowest BCUT2D eigenvalue weighted by atomic mass is 9.92. The van der Waals surface area contributed by atoms with Crippen LogP contribution in [0.2, 0.25) is 0 Å². The summed E-state index contributed by atoms with van der Waals surface area (Å²) in [6, 6.07) is 0.0845. The normalized spacial score (nSPS) is 41.7. The Labute approximate surface area is 61.4 Å². The highest BCUT2D eigenvalue weighted by Gasteiger charge is 2.33. The zero-order chi connectivity index (χ0) is 7.61. The molecule has 0 amide bonds. The van der Waals surface area contributed by atoms with Gasteiger partial charge in [-0.2, -0.15) is 0 Å². The lowest BCUT2D eigenvalue weighted by Gasteiger charge is -2.36. The second-order valence-corrected chi connectivity index (χ2v) is 3.02. The standard InChI is InChI=1S/C7H15NO2/c1-7(9)3-4-10-5-6(7)8-2/h6,8-9H,3-5H2,1-2H3/t6-,7-/m1/s1. The Morgan fingerprint density at radius 2 is 2.40 bits per heavy atom. The number of nitrogens with one attached hydrogen (secondary N) is 1. The number of rotatable bonds is 1. The van der Waals surface area contributed by atoms with Crippen molar-refractivity contribution in [2.75, 3.05) is 20.3 Å². The lowest BCUT2D eigenvalue weighted by Crippen LogP contribution is -2.53. The Bertz CT molecular complexity index is 114. The van der Waals surface area contributed by atoms with E-state index in [1.807, 2.05) is 14.0 Å². The third kappa shape index (κ3) is 1.48. The second kappa shape index (κ2) is 2.86. The van der Waals surface area contributed by atoms with Crippen molar-refractivity contribution in [2.24, 2.45) is 0 Å². The zero-order valence-corrected chi connectivity index (χ0v) is 6.55. The van der Waals surface area contributed by atoms with Crippen molar-refractivity contribution in [2.45, 2.75) is 25.0 Å². The first-order valence-corrected chi connectivity index (χ1v) is 3.64. The monoisotopic (exact) mass is 145 g/mol. The van der Waals surface area contributed by atoms with Crippen LogP contribution >= 0.6 is 0 Å². The Morgan fingerprint density at radius 1 is 1.70 bits per heavy atom. The van der Waals surface area contributed by atoms with Crippen molar-refractivity contribution >= 4 is 0 Å². The molecule has 0 aromatic heterocycles. The number of hydrogen-bond donors (Lipinski definition) is 2. The molecule has 0 radical (unpaired) electrons. The molecule has 1 aliphatic rings. The van der Waals surface area contributed by atoms with Gasteiger partial charge in [-0.25, -0.2) is 0 Å². The molecule has 1 fully saturated rings. The van der Waals surface area contributed by atoms with Crippen molar-refractivity contribution in [1.29, 1.82) is 0 Å². The molecule has 1 heterocycles. The summed E-state index contributed by atoms with van der Waals surface area (Å²) in [5.41, 5.74) is -0.590. The minimum Gasteiger partial charge on any atom is -0.388 e. The topological polar surface area (TPSA) is 41.5 Å². The predicted molar refractivity (Wildman–Crippen MR) is 38.9 cm³/mol. The van der Waals surface area contributed by atoms with Gasteiger partial charge in [0.05, 0.1) is 18.2 Å². The van der Waals surface area contributed by atoms with Crippen molar-refractivity contribution in [3.63, 3.8) is 0 Å². The maximum Gasteiger partial charge on any atom is 0.0816 e. The molecule has 1 rings (SSSR count). The molecule has 0 unspecified atom stereocenters. The van der Waals surface area contributed by atoms with Crippen LogP contribution in [0.4, 0.5) is 0 Å². The van der Waals surface area contributed by atoms with Gasteiger partial charge in [-0.15, -0.1) is 0 Å². The molecule has 60 valence electrons. The van der Waals surface area contributed by atoms with Crippen LogP contribution in [0.15, 0.2) is 0 Å². The van der Waals surface area contributed by atoms with Crippen LogP contribution in [-0.4, -0.2) is 37.0 Å². The van der Waals surface area contributed by atoms with E-state index in [4.69, 9.17) is 4.74 Å². The SMILES string of the molecule is CN[C@@H]1COCC[C@@]1(C)O. The highest BCUT2D eigenvalue weighted by molar-refractivity contribution is 4.89. The van der Waals surface area contributed by atoms with E-state index in [2.05, 4.69) is 5.32 Å². The van der Waals surface area contributed by atoms with Crippen molar-refractivity contribution in [3.05, 3.63) is 0 Å². The van der Waals surface area contributed by atoms with Crippen LogP contribution in [0.3, 0.4) is 0 Å².